The molecule has 2 aromatic rings. The highest BCUT2D eigenvalue weighted by Gasteiger charge is 2.28. The second-order valence-electron chi connectivity index (χ2n) is 8.31. The molecule has 2 aliphatic rings. The van der Waals surface area contributed by atoms with E-state index in [1.54, 1.807) is 17.2 Å². The number of rotatable bonds is 4. The third-order valence-corrected chi connectivity index (χ3v) is 6.03. The number of halogens is 3. The minimum Gasteiger partial charge on any atom is -0.386 e. The first-order chi connectivity index (χ1) is 16.3. The molecule has 0 atom stereocenters. The fourth-order valence-electron chi connectivity index (χ4n) is 3.98. The van der Waals surface area contributed by atoms with E-state index in [1.807, 2.05) is 18.7 Å². The molecule has 1 aromatic carbocycles. The van der Waals surface area contributed by atoms with Crippen LogP contribution in [0.4, 0.5) is 14.6 Å². The fourth-order valence-corrected chi connectivity index (χ4v) is 4.22. The summed E-state index contributed by atoms with van der Waals surface area (Å²) in [5.41, 5.74) is 0.962. The lowest BCUT2D eigenvalue weighted by Gasteiger charge is -2.36. The number of nitriles is 1. The van der Waals surface area contributed by atoms with Gasteiger partial charge in [0, 0.05) is 62.0 Å². The van der Waals surface area contributed by atoms with E-state index in [-0.39, 0.29) is 28.8 Å². The monoisotopic (exact) mass is 484 g/mol. The second kappa shape index (κ2) is 9.77. The van der Waals surface area contributed by atoms with Gasteiger partial charge >= 0.3 is 0 Å². The van der Waals surface area contributed by atoms with Gasteiger partial charge in [0.05, 0.1) is 5.03 Å². The molecule has 1 aromatic heterocycles. The van der Waals surface area contributed by atoms with E-state index in [4.69, 9.17) is 16.6 Å². The molecule has 1 amide bonds. The van der Waals surface area contributed by atoms with Crippen LogP contribution in [0, 0.1) is 28.9 Å². The summed E-state index contributed by atoms with van der Waals surface area (Å²) in [5.74, 6) is -1.23. The average Bonchev–Trinajstić information content (AvgIpc) is 2.83. The zero-order chi connectivity index (χ0) is 24.4. The third kappa shape index (κ3) is 4.59. The number of nitrogens with one attached hydrogen (secondary N) is 1. The molecule has 1 fully saturated rings. The number of allylic oxidation sites excluding steroid dienone is 2. The van der Waals surface area contributed by atoms with Crippen LogP contribution in [0.2, 0.25) is 0 Å². The van der Waals surface area contributed by atoms with Crippen molar-refractivity contribution >= 4 is 28.9 Å². The van der Waals surface area contributed by atoms with Crippen LogP contribution in [0.5, 0.6) is 0 Å². The molecular weight excluding hydrogens is 462 g/mol. The zero-order valence-electron chi connectivity index (χ0n) is 18.8. The van der Waals surface area contributed by atoms with Crippen LogP contribution in [0.25, 0.3) is 16.8 Å². The molecule has 1 N–H and O–H groups in total. The number of hydrogen-bond acceptors (Lipinski definition) is 6. The maximum absolute atomic E-state index is 14.7. The van der Waals surface area contributed by atoms with Gasteiger partial charge in [-0.2, -0.15) is 5.26 Å². The number of aromatic nitrogens is 2. The molecule has 0 spiro atoms. The highest BCUT2D eigenvalue weighted by atomic mass is 35.5. The molecule has 3 heterocycles. The van der Waals surface area contributed by atoms with Crippen LogP contribution in [0.15, 0.2) is 35.5 Å². The van der Waals surface area contributed by atoms with E-state index in [0.29, 0.717) is 54.8 Å². The van der Waals surface area contributed by atoms with Crippen LogP contribution >= 0.6 is 11.6 Å². The Hall–Kier alpha value is -3.51. The lowest BCUT2D eigenvalue weighted by Crippen LogP contribution is -2.50. The summed E-state index contributed by atoms with van der Waals surface area (Å²) in [4.78, 5) is 25.2. The van der Waals surface area contributed by atoms with Gasteiger partial charge in [-0.1, -0.05) is 31.5 Å². The van der Waals surface area contributed by atoms with Crippen molar-refractivity contribution in [2.45, 2.75) is 13.8 Å². The quantitative estimate of drug-likeness (QED) is 0.712. The van der Waals surface area contributed by atoms with Gasteiger partial charge in [0.15, 0.2) is 11.5 Å². The van der Waals surface area contributed by atoms with E-state index in [9.17, 15) is 18.8 Å². The number of nitrogens with zero attached hydrogens (tertiary/aromatic N) is 5. The van der Waals surface area contributed by atoms with Crippen LogP contribution in [-0.4, -0.2) is 53.5 Å². The van der Waals surface area contributed by atoms with Crippen LogP contribution < -0.4 is 10.2 Å². The van der Waals surface area contributed by atoms with Crippen molar-refractivity contribution in [3.8, 4) is 17.3 Å². The van der Waals surface area contributed by atoms with E-state index in [1.165, 1.54) is 6.07 Å². The molecular formula is C24H23ClF2N6O. The molecule has 0 unspecified atom stereocenters. The zero-order valence-corrected chi connectivity index (χ0v) is 19.5. The SMILES string of the molecule is CC(C)C(=O)N1CCN(c2nc(C3=CCNC=C3Cl)c(-c3ccc(F)cc3F)nc2C#N)CC1. The van der Waals surface area contributed by atoms with E-state index in [2.05, 4.69) is 16.4 Å². The number of amides is 1. The Labute approximate surface area is 201 Å². The Balaban J connectivity index is 1.80. The molecule has 1 saturated heterocycles. The van der Waals surface area contributed by atoms with Crippen molar-refractivity contribution in [1.82, 2.24) is 20.2 Å². The van der Waals surface area contributed by atoms with Crippen LogP contribution in [0.1, 0.15) is 25.2 Å². The summed E-state index contributed by atoms with van der Waals surface area (Å²) in [5, 5.41) is 13.2. The molecule has 0 aliphatic carbocycles. The van der Waals surface area contributed by atoms with Gasteiger partial charge in [0.2, 0.25) is 5.91 Å². The highest BCUT2D eigenvalue weighted by Crippen LogP contribution is 2.36. The first-order valence-electron chi connectivity index (χ1n) is 10.9. The third-order valence-electron chi connectivity index (χ3n) is 5.72. The van der Waals surface area contributed by atoms with Crippen molar-refractivity contribution in [3.05, 3.63) is 58.5 Å². The van der Waals surface area contributed by atoms with Crippen molar-refractivity contribution in [1.29, 1.82) is 5.26 Å². The number of anilines is 1. The predicted octanol–water partition coefficient (Wildman–Crippen LogP) is 3.66. The van der Waals surface area contributed by atoms with Crippen LogP contribution in [-0.2, 0) is 4.79 Å². The van der Waals surface area contributed by atoms with Gasteiger partial charge in [-0.25, -0.2) is 18.7 Å². The first-order valence-corrected chi connectivity index (χ1v) is 11.3. The summed E-state index contributed by atoms with van der Waals surface area (Å²) in [7, 11) is 0. The number of carbonyl (C=O) groups is 1. The summed E-state index contributed by atoms with van der Waals surface area (Å²) < 4.78 is 28.3. The molecule has 34 heavy (non-hydrogen) atoms. The molecule has 2 aliphatic heterocycles. The van der Waals surface area contributed by atoms with E-state index >= 15 is 0 Å². The number of piperazine rings is 1. The summed E-state index contributed by atoms with van der Waals surface area (Å²) >= 11 is 6.42. The Morgan fingerprint density at radius 1 is 1.18 bits per heavy atom. The Morgan fingerprint density at radius 2 is 1.91 bits per heavy atom. The molecule has 0 radical (unpaired) electrons. The highest BCUT2D eigenvalue weighted by molar-refractivity contribution is 6.37. The van der Waals surface area contributed by atoms with Crippen molar-refractivity contribution in [3.63, 3.8) is 0 Å². The lowest BCUT2D eigenvalue weighted by atomic mass is 10.0. The summed E-state index contributed by atoms with van der Waals surface area (Å²) in [6.45, 7) is 6.10. The maximum Gasteiger partial charge on any atom is 0.225 e. The Morgan fingerprint density at radius 3 is 2.53 bits per heavy atom. The number of benzene rings is 1. The summed E-state index contributed by atoms with van der Waals surface area (Å²) in [6, 6.07) is 5.22. The lowest BCUT2D eigenvalue weighted by molar-refractivity contribution is -0.134. The number of dihydropyridines is 1. The normalized spacial score (nSPS) is 16.0. The van der Waals surface area contributed by atoms with Gasteiger partial charge in [0.25, 0.3) is 0 Å². The van der Waals surface area contributed by atoms with Crippen molar-refractivity contribution in [2.75, 3.05) is 37.6 Å². The molecule has 0 saturated carbocycles. The number of hydrogen-bond donors (Lipinski definition) is 1. The van der Waals surface area contributed by atoms with Crippen molar-refractivity contribution < 1.29 is 13.6 Å². The number of carbonyl (C=O) groups excluding carboxylic acids is 1. The van der Waals surface area contributed by atoms with Crippen molar-refractivity contribution in [2.24, 2.45) is 5.92 Å². The largest absolute Gasteiger partial charge is 0.386 e. The van der Waals surface area contributed by atoms with Gasteiger partial charge < -0.3 is 15.1 Å². The minimum absolute atomic E-state index is 0.0146. The van der Waals surface area contributed by atoms with E-state index < -0.39 is 11.6 Å². The fraction of sp³-hybridized carbons (Fsp3) is 0.333. The molecule has 10 heteroatoms. The van der Waals surface area contributed by atoms with Gasteiger partial charge in [0.1, 0.15) is 29.1 Å². The first kappa shape index (κ1) is 23.6. The predicted molar refractivity (Wildman–Crippen MR) is 126 cm³/mol. The van der Waals surface area contributed by atoms with Gasteiger partial charge in [-0.15, -0.1) is 0 Å². The topological polar surface area (TPSA) is 85.2 Å². The average molecular weight is 485 g/mol. The van der Waals surface area contributed by atoms with E-state index in [0.717, 1.165) is 12.1 Å². The molecule has 0 bridgehead atoms. The Kier molecular flexibility index (Phi) is 6.80. The van der Waals surface area contributed by atoms with Gasteiger partial charge in [-0.3, -0.25) is 4.79 Å². The Bertz CT molecular complexity index is 1230. The molecule has 4 rings (SSSR count). The summed E-state index contributed by atoms with van der Waals surface area (Å²) in [6.07, 6.45) is 3.41. The van der Waals surface area contributed by atoms with Crippen LogP contribution in [0.3, 0.4) is 0 Å². The second-order valence-corrected chi connectivity index (χ2v) is 8.72. The standard InChI is InChI=1S/C24H23ClF2N6O/c1-14(2)24(34)33-9-7-32(8-10-33)23-20(12-28)30-22(17-4-3-15(26)11-19(17)27)21(31-23)16-5-6-29-13-18(16)25/h3-5,11,13-14,29H,6-10H2,1-2H3. The molecule has 176 valence electrons. The minimum atomic E-state index is -0.817. The molecule has 7 nitrogen and oxygen atoms in total. The smallest absolute Gasteiger partial charge is 0.225 e. The maximum atomic E-state index is 14.7. The van der Waals surface area contributed by atoms with Gasteiger partial charge in [-0.05, 0) is 12.1 Å².